The van der Waals surface area contributed by atoms with Gasteiger partial charge in [-0.3, -0.25) is 19.2 Å². The number of aromatic amines is 1. The van der Waals surface area contributed by atoms with Gasteiger partial charge in [-0.05, 0) is 35.6 Å². The second-order valence-corrected chi connectivity index (χ2v) is 13.1. The Labute approximate surface area is 287 Å². The SMILES string of the molecule is CCCCC(C(N)=O)N1CCN(C(=O)C(Cc2c[nH]c3ccccc23)N2CCNC(Cc3ccccc3)C2=O)C(Cc2ccccc2)C1=O. The van der Waals surface area contributed by atoms with Gasteiger partial charge in [0, 0.05) is 56.1 Å². The van der Waals surface area contributed by atoms with E-state index in [2.05, 4.69) is 10.3 Å². The van der Waals surface area contributed by atoms with Gasteiger partial charge in [0.1, 0.15) is 18.1 Å². The van der Waals surface area contributed by atoms with Crippen molar-refractivity contribution in [1.29, 1.82) is 0 Å². The molecule has 4 amide bonds. The van der Waals surface area contributed by atoms with Gasteiger partial charge in [0.15, 0.2) is 0 Å². The standard InChI is InChI=1S/C39H46N6O4/c1-2-3-18-33(36(40)46)44-21-22-45(34(38(44)48)24-28-14-8-5-9-15-28)39(49)35(25-29-26-42-31-17-11-10-16-30(29)31)43-20-19-41-32(37(43)47)23-27-12-6-4-7-13-27/h4-17,26,32-35,41-42H,2-3,18-25H2,1H3,(H2,40,46). The number of rotatable bonds is 13. The molecule has 4 aromatic rings. The first-order valence-electron chi connectivity index (χ1n) is 17.4. The number of piperazine rings is 2. The molecule has 3 heterocycles. The lowest BCUT2D eigenvalue weighted by molar-refractivity contribution is -0.160. The van der Waals surface area contributed by atoms with Crippen molar-refractivity contribution >= 4 is 34.5 Å². The molecular formula is C39H46N6O4. The number of para-hydroxylation sites is 1. The predicted octanol–water partition coefficient (Wildman–Crippen LogP) is 3.45. The van der Waals surface area contributed by atoms with Crippen LogP contribution in [0.25, 0.3) is 10.9 Å². The van der Waals surface area contributed by atoms with Crippen LogP contribution in [0.1, 0.15) is 42.9 Å². The Morgan fingerprint density at radius 3 is 2.16 bits per heavy atom. The molecule has 4 unspecified atom stereocenters. The number of H-pyrrole nitrogens is 1. The van der Waals surface area contributed by atoms with E-state index in [1.165, 1.54) is 0 Å². The molecule has 6 rings (SSSR count). The molecule has 2 saturated heterocycles. The van der Waals surface area contributed by atoms with Crippen molar-refractivity contribution in [3.63, 3.8) is 0 Å². The van der Waals surface area contributed by atoms with Gasteiger partial charge < -0.3 is 30.7 Å². The van der Waals surface area contributed by atoms with Crippen LogP contribution in [0.2, 0.25) is 0 Å². The molecule has 10 heteroatoms. The number of hydrogen-bond acceptors (Lipinski definition) is 5. The highest BCUT2D eigenvalue weighted by Crippen LogP contribution is 2.27. The molecular weight excluding hydrogens is 616 g/mol. The Kier molecular flexibility index (Phi) is 10.7. The first-order valence-corrected chi connectivity index (χ1v) is 17.4. The minimum atomic E-state index is -0.851. The Morgan fingerprint density at radius 1 is 0.816 bits per heavy atom. The Balaban J connectivity index is 1.35. The summed E-state index contributed by atoms with van der Waals surface area (Å²) < 4.78 is 0. The topological polar surface area (TPSA) is 132 Å². The van der Waals surface area contributed by atoms with Crippen molar-refractivity contribution in [3.05, 3.63) is 108 Å². The summed E-state index contributed by atoms with van der Waals surface area (Å²) in [7, 11) is 0. The van der Waals surface area contributed by atoms with E-state index in [0.717, 1.165) is 40.4 Å². The van der Waals surface area contributed by atoms with Gasteiger partial charge in [-0.1, -0.05) is 98.6 Å². The highest BCUT2D eigenvalue weighted by Gasteiger charge is 2.45. The van der Waals surface area contributed by atoms with Crippen molar-refractivity contribution in [2.45, 2.75) is 69.6 Å². The van der Waals surface area contributed by atoms with E-state index >= 15 is 4.79 Å². The molecule has 4 N–H and O–H groups in total. The second kappa shape index (κ2) is 15.5. The zero-order valence-corrected chi connectivity index (χ0v) is 28.1. The van der Waals surface area contributed by atoms with E-state index in [0.29, 0.717) is 32.4 Å². The number of amides is 4. The lowest BCUT2D eigenvalue weighted by atomic mass is 9.95. The van der Waals surface area contributed by atoms with Gasteiger partial charge >= 0.3 is 0 Å². The normalized spacial score (nSPS) is 19.7. The van der Waals surface area contributed by atoms with Crippen LogP contribution in [-0.4, -0.2) is 93.7 Å². The Bertz CT molecular complexity index is 1760. The van der Waals surface area contributed by atoms with Crippen molar-refractivity contribution < 1.29 is 19.2 Å². The smallest absolute Gasteiger partial charge is 0.246 e. The predicted molar refractivity (Wildman–Crippen MR) is 189 cm³/mol. The van der Waals surface area contributed by atoms with Crippen LogP contribution in [0, 0.1) is 0 Å². The minimum Gasteiger partial charge on any atom is -0.368 e. The molecule has 0 aliphatic carbocycles. The van der Waals surface area contributed by atoms with Crippen LogP contribution in [-0.2, 0) is 38.4 Å². The quantitative estimate of drug-likeness (QED) is 0.202. The van der Waals surface area contributed by atoms with E-state index in [4.69, 9.17) is 5.73 Å². The minimum absolute atomic E-state index is 0.133. The zero-order valence-electron chi connectivity index (χ0n) is 28.1. The molecule has 2 aliphatic heterocycles. The Hall–Kier alpha value is -4.96. The van der Waals surface area contributed by atoms with Crippen LogP contribution in [0.15, 0.2) is 91.1 Å². The number of primary amides is 1. The summed E-state index contributed by atoms with van der Waals surface area (Å²) in [5.41, 5.74) is 9.66. The third kappa shape index (κ3) is 7.54. The number of benzene rings is 3. The maximum absolute atomic E-state index is 15.0. The maximum Gasteiger partial charge on any atom is 0.246 e. The number of unbranched alkanes of at least 4 members (excludes halogenated alkanes) is 1. The third-order valence-electron chi connectivity index (χ3n) is 9.97. The average molecular weight is 663 g/mol. The molecule has 4 atom stereocenters. The highest BCUT2D eigenvalue weighted by atomic mass is 16.2. The van der Waals surface area contributed by atoms with Crippen LogP contribution in [0.5, 0.6) is 0 Å². The summed E-state index contributed by atoms with van der Waals surface area (Å²) >= 11 is 0. The Morgan fingerprint density at radius 2 is 1.47 bits per heavy atom. The molecule has 0 saturated carbocycles. The van der Waals surface area contributed by atoms with Crippen LogP contribution < -0.4 is 11.1 Å². The second-order valence-electron chi connectivity index (χ2n) is 13.1. The van der Waals surface area contributed by atoms with Gasteiger partial charge in [0.05, 0.1) is 6.04 Å². The third-order valence-corrected chi connectivity index (χ3v) is 9.97. The van der Waals surface area contributed by atoms with Crippen LogP contribution in [0.4, 0.5) is 0 Å². The molecule has 1 aromatic heterocycles. The van der Waals surface area contributed by atoms with Crippen molar-refractivity contribution in [1.82, 2.24) is 25.0 Å². The highest BCUT2D eigenvalue weighted by molar-refractivity contribution is 5.96. The summed E-state index contributed by atoms with van der Waals surface area (Å²) in [5.74, 6) is -1.22. The van der Waals surface area contributed by atoms with Gasteiger partial charge in [-0.25, -0.2) is 0 Å². The number of nitrogens with zero attached hydrogens (tertiary/aromatic N) is 3. The number of nitrogens with two attached hydrogens (primary N) is 1. The summed E-state index contributed by atoms with van der Waals surface area (Å²) in [6.45, 7) is 3.36. The molecule has 2 fully saturated rings. The maximum atomic E-state index is 15.0. The number of hydrogen-bond donors (Lipinski definition) is 3. The first kappa shape index (κ1) is 33.9. The molecule has 10 nitrogen and oxygen atoms in total. The lowest BCUT2D eigenvalue weighted by Gasteiger charge is -2.46. The van der Waals surface area contributed by atoms with Gasteiger partial charge in [-0.2, -0.15) is 0 Å². The van der Waals surface area contributed by atoms with E-state index in [1.54, 1.807) is 14.7 Å². The number of carbonyl (C=O) groups is 4. The van der Waals surface area contributed by atoms with Gasteiger partial charge in [-0.15, -0.1) is 0 Å². The van der Waals surface area contributed by atoms with Crippen molar-refractivity contribution in [3.8, 4) is 0 Å². The van der Waals surface area contributed by atoms with Crippen LogP contribution >= 0.6 is 0 Å². The van der Waals surface area contributed by atoms with Crippen molar-refractivity contribution in [2.75, 3.05) is 26.2 Å². The van der Waals surface area contributed by atoms with E-state index in [9.17, 15) is 14.4 Å². The van der Waals surface area contributed by atoms with Gasteiger partial charge in [0.25, 0.3) is 0 Å². The fraction of sp³-hybridized carbons (Fsp3) is 0.385. The van der Waals surface area contributed by atoms with E-state index in [1.807, 2.05) is 98.0 Å². The molecule has 256 valence electrons. The average Bonchev–Trinajstić information content (AvgIpc) is 3.53. The summed E-state index contributed by atoms with van der Waals surface area (Å²) in [5, 5.41) is 4.37. The van der Waals surface area contributed by atoms with Crippen molar-refractivity contribution in [2.24, 2.45) is 5.73 Å². The number of aromatic nitrogens is 1. The largest absolute Gasteiger partial charge is 0.368 e. The fourth-order valence-electron chi connectivity index (χ4n) is 7.37. The lowest BCUT2D eigenvalue weighted by Crippen LogP contribution is -2.67. The monoisotopic (exact) mass is 662 g/mol. The molecule has 0 spiro atoms. The first-order chi connectivity index (χ1) is 23.9. The summed E-state index contributed by atoms with van der Waals surface area (Å²) in [6, 6.07) is 24.5. The molecule has 0 radical (unpaired) electrons. The summed E-state index contributed by atoms with van der Waals surface area (Å²) in [4.78, 5) is 64.6. The number of carbonyl (C=O) groups excluding carboxylic acids is 4. The fourth-order valence-corrected chi connectivity index (χ4v) is 7.37. The summed E-state index contributed by atoms with van der Waals surface area (Å²) in [6.07, 6.45) is 5.09. The van der Waals surface area contributed by atoms with Gasteiger partial charge in [0.2, 0.25) is 23.6 Å². The molecule has 0 bridgehead atoms. The van der Waals surface area contributed by atoms with Crippen LogP contribution in [0.3, 0.4) is 0 Å². The molecule has 3 aromatic carbocycles. The zero-order chi connectivity index (χ0) is 34.3. The molecule has 49 heavy (non-hydrogen) atoms. The van der Waals surface area contributed by atoms with E-state index in [-0.39, 0.29) is 37.2 Å². The van der Waals surface area contributed by atoms with E-state index < -0.39 is 30.1 Å². The number of nitrogens with one attached hydrogen (secondary N) is 2. The molecule has 2 aliphatic rings. The number of fused-ring (bicyclic) bond motifs is 1.